The molecule has 0 amide bonds. The van der Waals surface area contributed by atoms with Gasteiger partial charge < -0.3 is 4.74 Å². The first kappa shape index (κ1) is 16.0. The molecular weight excluding hydrogens is 332 g/mol. The summed E-state index contributed by atoms with van der Waals surface area (Å²) in [5, 5.41) is 14.2. The minimum Gasteiger partial charge on any atom is -0.494 e. The van der Waals surface area contributed by atoms with Gasteiger partial charge in [0.2, 0.25) is 0 Å². The van der Waals surface area contributed by atoms with Crippen molar-refractivity contribution in [2.45, 2.75) is 18.7 Å². The number of nitrogens with zero attached hydrogens (tertiary/aromatic N) is 4. The number of H-pyrrole nitrogens is 1. The van der Waals surface area contributed by atoms with Crippen LogP contribution in [0.4, 0.5) is 5.69 Å². The van der Waals surface area contributed by atoms with Crippen molar-refractivity contribution in [3.8, 4) is 11.6 Å². The second kappa shape index (κ2) is 6.32. The average molecular weight is 348 g/mol. The number of hydrogen-bond donors (Lipinski definition) is 2. The zero-order chi connectivity index (χ0) is 17.2. The number of benzene rings is 1. The molecule has 2 heterocycles. The molecule has 2 N–H and O–H groups in total. The van der Waals surface area contributed by atoms with Crippen molar-refractivity contribution in [3.63, 3.8) is 0 Å². The van der Waals surface area contributed by atoms with Crippen molar-refractivity contribution in [2.75, 3.05) is 11.3 Å². The molecule has 126 valence electrons. The van der Waals surface area contributed by atoms with Crippen molar-refractivity contribution in [1.82, 2.24) is 25.0 Å². The second-order valence-electron chi connectivity index (χ2n) is 4.93. The zero-order valence-corrected chi connectivity index (χ0v) is 13.9. The Hall–Kier alpha value is -2.88. The number of aromatic nitrogens is 5. The van der Waals surface area contributed by atoms with Crippen LogP contribution in [0.1, 0.15) is 12.6 Å². The summed E-state index contributed by atoms with van der Waals surface area (Å²) in [7, 11) is -3.77. The fourth-order valence-corrected chi connectivity index (χ4v) is 3.24. The summed E-state index contributed by atoms with van der Waals surface area (Å²) in [6.45, 7) is 4.10. The minimum atomic E-state index is -3.77. The fourth-order valence-electron chi connectivity index (χ4n) is 2.11. The third kappa shape index (κ3) is 3.08. The van der Waals surface area contributed by atoms with E-state index in [1.165, 1.54) is 29.4 Å². The molecule has 0 aliphatic carbocycles. The normalized spacial score (nSPS) is 11.4. The molecule has 0 aliphatic rings. The van der Waals surface area contributed by atoms with E-state index >= 15 is 0 Å². The van der Waals surface area contributed by atoms with Gasteiger partial charge in [0, 0.05) is 0 Å². The number of aromatic amines is 1. The van der Waals surface area contributed by atoms with E-state index in [1.807, 2.05) is 6.92 Å². The van der Waals surface area contributed by atoms with Crippen molar-refractivity contribution in [2.24, 2.45) is 0 Å². The summed E-state index contributed by atoms with van der Waals surface area (Å²) in [6.07, 6.45) is 2.87. The minimum absolute atomic E-state index is 0.126. The first-order valence-electron chi connectivity index (χ1n) is 7.17. The van der Waals surface area contributed by atoms with Crippen molar-refractivity contribution >= 4 is 15.7 Å². The summed E-state index contributed by atoms with van der Waals surface area (Å²) in [6, 6.07) is 6.20. The first-order valence-corrected chi connectivity index (χ1v) is 8.65. The smallest absolute Gasteiger partial charge is 0.262 e. The maximum Gasteiger partial charge on any atom is 0.262 e. The van der Waals surface area contributed by atoms with Gasteiger partial charge in [-0.1, -0.05) is 0 Å². The lowest BCUT2D eigenvalue weighted by molar-refractivity contribution is 0.340. The van der Waals surface area contributed by atoms with Gasteiger partial charge >= 0.3 is 0 Å². The molecule has 3 rings (SSSR count). The molecule has 24 heavy (non-hydrogen) atoms. The van der Waals surface area contributed by atoms with Crippen molar-refractivity contribution in [1.29, 1.82) is 0 Å². The van der Waals surface area contributed by atoms with E-state index in [0.29, 0.717) is 29.6 Å². The van der Waals surface area contributed by atoms with Gasteiger partial charge in [-0.15, -0.1) is 10.2 Å². The number of nitrogens with one attached hydrogen (secondary N) is 2. The van der Waals surface area contributed by atoms with Crippen molar-refractivity contribution in [3.05, 3.63) is 42.6 Å². The molecular formula is C14H16N6O3S. The van der Waals surface area contributed by atoms with E-state index in [4.69, 9.17) is 4.74 Å². The van der Waals surface area contributed by atoms with Gasteiger partial charge in [0.25, 0.3) is 10.0 Å². The topological polar surface area (TPSA) is 115 Å². The molecule has 9 nitrogen and oxygen atoms in total. The van der Waals surface area contributed by atoms with Gasteiger partial charge in [0.05, 0.1) is 17.2 Å². The van der Waals surface area contributed by atoms with E-state index in [9.17, 15) is 8.42 Å². The molecule has 0 aliphatic heterocycles. The SMILES string of the molecule is CCOc1ccc(S(=O)(=O)Nc2c(-n3cnnc3)n[nH]c2C)cc1. The van der Waals surface area contributed by atoms with Gasteiger partial charge in [-0.25, -0.2) is 8.42 Å². The molecule has 0 atom stereocenters. The maximum atomic E-state index is 12.6. The molecule has 0 bridgehead atoms. The molecule has 0 fully saturated rings. The number of sulfonamides is 1. The lowest BCUT2D eigenvalue weighted by atomic mass is 10.3. The molecule has 3 aromatic rings. The summed E-state index contributed by atoms with van der Waals surface area (Å²) in [5.41, 5.74) is 0.914. The monoisotopic (exact) mass is 348 g/mol. The number of ether oxygens (including phenoxy) is 1. The first-order chi connectivity index (χ1) is 11.5. The Kier molecular flexibility index (Phi) is 4.21. The Labute approximate surface area is 138 Å². The number of rotatable bonds is 6. The molecule has 0 saturated heterocycles. The maximum absolute atomic E-state index is 12.6. The quantitative estimate of drug-likeness (QED) is 0.697. The van der Waals surface area contributed by atoms with Crippen LogP contribution in [0.15, 0.2) is 41.8 Å². The second-order valence-corrected chi connectivity index (χ2v) is 6.61. The number of anilines is 1. The van der Waals surface area contributed by atoms with E-state index in [0.717, 1.165) is 0 Å². The van der Waals surface area contributed by atoms with Crippen LogP contribution < -0.4 is 9.46 Å². The van der Waals surface area contributed by atoms with Gasteiger partial charge in [0.15, 0.2) is 5.82 Å². The van der Waals surface area contributed by atoms with Crippen LogP contribution in [0, 0.1) is 6.92 Å². The molecule has 0 radical (unpaired) electrons. The standard InChI is InChI=1S/C14H16N6O3S/c1-3-23-11-4-6-12(7-5-11)24(21,22)19-13-10(2)17-18-14(13)20-8-15-16-9-20/h4-9,19H,3H2,1-2H3,(H,17,18). The van der Waals surface area contributed by atoms with Crippen LogP contribution in [0.25, 0.3) is 5.82 Å². The summed E-state index contributed by atoms with van der Waals surface area (Å²) in [4.78, 5) is 0.126. The van der Waals surface area contributed by atoms with Crippen LogP contribution in [-0.4, -0.2) is 40.0 Å². The fraction of sp³-hybridized carbons (Fsp3) is 0.214. The lowest BCUT2D eigenvalue weighted by Gasteiger charge is -2.10. The highest BCUT2D eigenvalue weighted by molar-refractivity contribution is 7.92. The highest BCUT2D eigenvalue weighted by Gasteiger charge is 2.20. The Bertz CT molecular complexity index is 916. The predicted molar refractivity (Wildman–Crippen MR) is 86.7 cm³/mol. The summed E-state index contributed by atoms with van der Waals surface area (Å²) < 4.78 is 34.6. The van der Waals surface area contributed by atoms with E-state index < -0.39 is 10.0 Å². The molecule has 10 heteroatoms. The van der Waals surface area contributed by atoms with E-state index in [-0.39, 0.29) is 4.90 Å². The number of hydrogen-bond acceptors (Lipinski definition) is 6. The van der Waals surface area contributed by atoms with Crippen molar-refractivity contribution < 1.29 is 13.2 Å². The largest absolute Gasteiger partial charge is 0.494 e. The summed E-state index contributed by atoms with van der Waals surface area (Å²) in [5.74, 6) is 0.980. The molecule has 0 saturated carbocycles. The van der Waals surface area contributed by atoms with Crippen LogP contribution in [0.2, 0.25) is 0 Å². The van der Waals surface area contributed by atoms with Crippen LogP contribution in [0.3, 0.4) is 0 Å². The Morgan fingerprint density at radius 2 is 1.88 bits per heavy atom. The van der Waals surface area contributed by atoms with E-state index in [2.05, 4.69) is 25.1 Å². The molecule has 0 spiro atoms. The third-order valence-electron chi connectivity index (χ3n) is 3.27. The molecule has 0 unspecified atom stereocenters. The molecule has 1 aromatic carbocycles. The van der Waals surface area contributed by atoms with Crippen LogP contribution >= 0.6 is 0 Å². The average Bonchev–Trinajstić information content (AvgIpc) is 3.19. The highest BCUT2D eigenvalue weighted by Crippen LogP contribution is 2.25. The van der Waals surface area contributed by atoms with E-state index in [1.54, 1.807) is 19.1 Å². The van der Waals surface area contributed by atoms with Crippen LogP contribution in [0.5, 0.6) is 5.75 Å². The molecule has 2 aromatic heterocycles. The zero-order valence-electron chi connectivity index (χ0n) is 13.1. The van der Waals surface area contributed by atoms with Gasteiger partial charge in [-0.05, 0) is 38.1 Å². The Balaban J connectivity index is 1.91. The number of aryl methyl sites for hydroxylation is 1. The predicted octanol–water partition coefficient (Wildman–Crippen LogP) is 1.50. The van der Waals surface area contributed by atoms with Crippen LogP contribution in [-0.2, 0) is 10.0 Å². The third-order valence-corrected chi connectivity index (χ3v) is 4.64. The lowest BCUT2D eigenvalue weighted by Crippen LogP contribution is -2.14. The Morgan fingerprint density at radius 1 is 1.21 bits per heavy atom. The van der Waals surface area contributed by atoms with Gasteiger partial charge in [-0.2, -0.15) is 5.10 Å². The summed E-state index contributed by atoms with van der Waals surface area (Å²) >= 11 is 0. The van der Waals surface area contributed by atoms with Gasteiger partial charge in [0.1, 0.15) is 24.1 Å². The van der Waals surface area contributed by atoms with Gasteiger partial charge in [-0.3, -0.25) is 14.4 Å². The highest BCUT2D eigenvalue weighted by atomic mass is 32.2. The Morgan fingerprint density at radius 3 is 2.50 bits per heavy atom.